The third-order valence-corrected chi connectivity index (χ3v) is 3.96. The molecule has 0 aliphatic carbocycles. The summed E-state index contributed by atoms with van der Waals surface area (Å²) >= 11 is 0. The molecule has 0 amide bonds. The van der Waals surface area contributed by atoms with Crippen molar-refractivity contribution in [3.05, 3.63) is 24.0 Å². The van der Waals surface area contributed by atoms with Crippen LogP contribution >= 0.6 is 0 Å². The zero-order valence-electron chi connectivity index (χ0n) is 13.7. The minimum atomic E-state index is -0.588. The highest BCUT2D eigenvalue weighted by molar-refractivity contribution is 5.45. The van der Waals surface area contributed by atoms with Crippen LogP contribution in [-0.4, -0.2) is 28.8 Å². The molecule has 1 aromatic heterocycles. The molecular formula is C17H30N2O. The first kappa shape index (κ1) is 17.0. The van der Waals surface area contributed by atoms with Gasteiger partial charge in [-0.15, -0.1) is 0 Å². The molecule has 0 bridgehead atoms. The fourth-order valence-corrected chi connectivity index (χ4v) is 2.60. The predicted octanol–water partition coefficient (Wildman–Crippen LogP) is 3.66. The van der Waals surface area contributed by atoms with Crippen molar-refractivity contribution in [1.29, 1.82) is 0 Å². The molecule has 0 saturated carbocycles. The molecule has 1 atom stereocenters. The molecule has 1 unspecified atom stereocenters. The molecule has 0 aromatic carbocycles. The highest BCUT2D eigenvalue weighted by Crippen LogP contribution is 2.29. The van der Waals surface area contributed by atoms with E-state index in [0.29, 0.717) is 5.92 Å². The number of aliphatic hydroxyl groups is 1. The SMILES string of the molecule is CC.CCc1ccc(N2CCCC(C(C)(C)O)C2)cn1. The lowest BCUT2D eigenvalue weighted by atomic mass is 9.84. The van der Waals surface area contributed by atoms with Crippen LogP contribution in [0, 0.1) is 5.92 Å². The van der Waals surface area contributed by atoms with E-state index in [4.69, 9.17) is 0 Å². The summed E-state index contributed by atoms with van der Waals surface area (Å²) in [5, 5.41) is 10.1. The number of nitrogens with zero attached hydrogens (tertiary/aromatic N) is 2. The number of piperidine rings is 1. The van der Waals surface area contributed by atoms with Crippen molar-refractivity contribution in [2.75, 3.05) is 18.0 Å². The summed E-state index contributed by atoms with van der Waals surface area (Å²) in [7, 11) is 0. The van der Waals surface area contributed by atoms with Crippen molar-refractivity contribution in [1.82, 2.24) is 4.98 Å². The summed E-state index contributed by atoms with van der Waals surface area (Å²) in [6.07, 6.45) is 5.20. The Balaban J connectivity index is 0.000000956. The third kappa shape index (κ3) is 4.48. The third-order valence-electron chi connectivity index (χ3n) is 3.96. The van der Waals surface area contributed by atoms with Crippen LogP contribution in [0.4, 0.5) is 5.69 Å². The summed E-state index contributed by atoms with van der Waals surface area (Å²) in [5.74, 6) is 0.345. The maximum Gasteiger partial charge on any atom is 0.0636 e. The fraction of sp³-hybridized carbons (Fsp3) is 0.706. The van der Waals surface area contributed by atoms with Crippen molar-refractivity contribution in [3.63, 3.8) is 0 Å². The lowest BCUT2D eigenvalue weighted by Gasteiger charge is -2.39. The molecule has 2 heterocycles. The second-order valence-corrected chi connectivity index (χ2v) is 5.80. The molecule has 2 rings (SSSR count). The molecule has 0 spiro atoms. The van der Waals surface area contributed by atoms with Crippen molar-refractivity contribution < 1.29 is 5.11 Å². The van der Waals surface area contributed by atoms with Crippen LogP contribution in [-0.2, 0) is 6.42 Å². The molecule has 1 aliphatic heterocycles. The summed E-state index contributed by atoms with van der Waals surface area (Å²) in [6, 6.07) is 4.25. The van der Waals surface area contributed by atoms with Crippen LogP contribution < -0.4 is 4.90 Å². The second-order valence-electron chi connectivity index (χ2n) is 5.80. The number of rotatable bonds is 3. The van der Waals surface area contributed by atoms with E-state index in [2.05, 4.69) is 28.9 Å². The van der Waals surface area contributed by atoms with Gasteiger partial charge in [-0.05, 0) is 45.2 Å². The average molecular weight is 278 g/mol. The van der Waals surface area contributed by atoms with Gasteiger partial charge in [-0.3, -0.25) is 4.98 Å². The van der Waals surface area contributed by atoms with Gasteiger partial charge >= 0.3 is 0 Å². The quantitative estimate of drug-likeness (QED) is 0.916. The van der Waals surface area contributed by atoms with E-state index in [0.717, 1.165) is 38.0 Å². The van der Waals surface area contributed by atoms with Gasteiger partial charge in [-0.1, -0.05) is 20.8 Å². The topological polar surface area (TPSA) is 36.4 Å². The number of aryl methyl sites for hydroxylation is 1. The number of hydrogen-bond donors (Lipinski definition) is 1. The van der Waals surface area contributed by atoms with E-state index in [-0.39, 0.29) is 0 Å². The molecule has 3 nitrogen and oxygen atoms in total. The largest absolute Gasteiger partial charge is 0.390 e. The van der Waals surface area contributed by atoms with Crippen molar-refractivity contribution in [2.24, 2.45) is 5.92 Å². The van der Waals surface area contributed by atoms with Crippen LogP contribution in [0.25, 0.3) is 0 Å². The normalized spacial score (nSPS) is 19.3. The lowest BCUT2D eigenvalue weighted by Crippen LogP contribution is -2.44. The smallest absolute Gasteiger partial charge is 0.0636 e. The monoisotopic (exact) mass is 278 g/mol. The first-order valence-corrected chi connectivity index (χ1v) is 7.93. The summed E-state index contributed by atoms with van der Waals surface area (Å²) < 4.78 is 0. The van der Waals surface area contributed by atoms with Crippen LogP contribution in [0.2, 0.25) is 0 Å². The van der Waals surface area contributed by atoms with Crippen LogP contribution in [0.5, 0.6) is 0 Å². The van der Waals surface area contributed by atoms with Gasteiger partial charge in [0, 0.05) is 24.7 Å². The van der Waals surface area contributed by atoms with Gasteiger partial charge in [0.05, 0.1) is 17.5 Å². The first-order chi connectivity index (χ1) is 9.50. The summed E-state index contributed by atoms with van der Waals surface area (Å²) in [4.78, 5) is 6.80. The highest BCUT2D eigenvalue weighted by Gasteiger charge is 2.31. The predicted molar refractivity (Wildman–Crippen MR) is 86.2 cm³/mol. The number of aromatic nitrogens is 1. The van der Waals surface area contributed by atoms with Crippen molar-refractivity contribution in [2.45, 2.75) is 59.5 Å². The van der Waals surface area contributed by atoms with E-state index < -0.39 is 5.60 Å². The molecule has 1 N–H and O–H groups in total. The molecular weight excluding hydrogens is 248 g/mol. The van der Waals surface area contributed by atoms with E-state index in [1.54, 1.807) is 0 Å². The van der Waals surface area contributed by atoms with Crippen LogP contribution in [0.3, 0.4) is 0 Å². The molecule has 20 heavy (non-hydrogen) atoms. The Morgan fingerprint density at radius 3 is 2.55 bits per heavy atom. The first-order valence-electron chi connectivity index (χ1n) is 7.93. The molecule has 1 aromatic rings. The minimum absolute atomic E-state index is 0.345. The van der Waals surface area contributed by atoms with Gasteiger partial charge in [-0.25, -0.2) is 0 Å². The lowest BCUT2D eigenvalue weighted by molar-refractivity contribution is 0.0110. The van der Waals surface area contributed by atoms with E-state index in [1.807, 2.05) is 33.9 Å². The molecule has 0 radical (unpaired) electrons. The maximum absolute atomic E-state index is 10.1. The Morgan fingerprint density at radius 2 is 2.05 bits per heavy atom. The molecule has 1 fully saturated rings. The van der Waals surface area contributed by atoms with Gasteiger partial charge in [-0.2, -0.15) is 0 Å². The molecule has 114 valence electrons. The summed E-state index contributed by atoms with van der Waals surface area (Å²) in [5.41, 5.74) is 1.73. The Kier molecular flexibility index (Phi) is 6.47. The van der Waals surface area contributed by atoms with Gasteiger partial charge < -0.3 is 10.0 Å². The van der Waals surface area contributed by atoms with Crippen LogP contribution in [0.1, 0.15) is 53.2 Å². The van der Waals surface area contributed by atoms with E-state index >= 15 is 0 Å². The Morgan fingerprint density at radius 1 is 1.35 bits per heavy atom. The Bertz CT molecular complexity index is 381. The summed E-state index contributed by atoms with van der Waals surface area (Å²) in [6.45, 7) is 11.9. The second kappa shape index (κ2) is 7.63. The molecule has 1 aliphatic rings. The van der Waals surface area contributed by atoms with Gasteiger partial charge in [0.25, 0.3) is 0 Å². The van der Waals surface area contributed by atoms with Crippen molar-refractivity contribution >= 4 is 5.69 Å². The molecule has 1 saturated heterocycles. The maximum atomic E-state index is 10.1. The Hall–Kier alpha value is -1.09. The fourth-order valence-electron chi connectivity index (χ4n) is 2.60. The number of hydrogen-bond acceptors (Lipinski definition) is 3. The van der Waals surface area contributed by atoms with Gasteiger partial charge in [0.15, 0.2) is 0 Å². The van der Waals surface area contributed by atoms with Gasteiger partial charge in [0.2, 0.25) is 0 Å². The number of anilines is 1. The van der Waals surface area contributed by atoms with Gasteiger partial charge in [0.1, 0.15) is 0 Å². The number of pyridine rings is 1. The zero-order chi connectivity index (χ0) is 15.2. The average Bonchev–Trinajstić information content (AvgIpc) is 2.49. The minimum Gasteiger partial charge on any atom is -0.390 e. The zero-order valence-corrected chi connectivity index (χ0v) is 13.7. The van der Waals surface area contributed by atoms with Crippen LogP contribution in [0.15, 0.2) is 18.3 Å². The molecule has 3 heteroatoms. The standard InChI is InChI=1S/C15H24N2O.C2H6/c1-4-13-7-8-14(10-16-13)17-9-5-6-12(11-17)15(2,3)18;1-2/h7-8,10,12,18H,4-6,9,11H2,1-3H3;1-2H3. The van der Waals surface area contributed by atoms with E-state index in [1.165, 1.54) is 5.69 Å². The van der Waals surface area contributed by atoms with Crippen molar-refractivity contribution in [3.8, 4) is 0 Å². The highest BCUT2D eigenvalue weighted by atomic mass is 16.3. The Labute approximate surface area is 124 Å². The van der Waals surface area contributed by atoms with E-state index in [9.17, 15) is 5.11 Å².